The first-order valence-electron chi connectivity index (χ1n) is 25.6. The molecule has 0 aromatic carbocycles. The summed E-state index contributed by atoms with van der Waals surface area (Å²) in [6, 6.07) is -0.968. The smallest absolute Gasteiger partial charge is 0.394 e. The lowest BCUT2D eigenvalue weighted by molar-refractivity contribution is -0.358. The number of carbonyl (C=O) groups is 1. The van der Waals surface area contributed by atoms with Crippen LogP contribution < -0.4 is 5.32 Å². The predicted molar refractivity (Wildman–Crippen MR) is 250 cm³/mol. The van der Waals surface area contributed by atoms with E-state index < -0.39 is 97.2 Å². The Balaban J connectivity index is 1.93. The molecule has 0 aliphatic carbocycles. The number of hydrogen-bond acceptors (Lipinski definition) is 15. The Morgan fingerprint density at radius 2 is 1.06 bits per heavy atom. The van der Waals surface area contributed by atoms with Crippen LogP contribution >= 0.6 is 0 Å². The molecule has 0 aromatic rings. The number of unbranched alkanes of at least 4 members (excludes halogenated alkanes) is 25. The summed E-state index contributed by atoms with van der Waals surface area (Å²) in [5.41, 5.74) is 0. The van der Waals surface area contributed by atoms with Gasteiger partial charge in [-0.2, -0.15) is 8.42 Å². The Labute approximate surface area is 396 Å². The lowest BCUT2D eigenvalue weighted by Gasteiger charge is -2.46. The van der Waals surface area contributed by atoms with Crippen molar-refractivity contribution in [2.75, 3.05) is 19.8 Å². The second kappa shape index (κ2) is 36.6. The van der Waals surface area contributed by atoms with Crippen molar-refractivity contribution in [3.8, 4) is 0 Å². The molecule has 12 unspecified atom stereocenters. The van der Waals surface area contributed by atoms with Crippen LogP contribution in [-0.4, -0.2) is 148 Å². The predicted octanol–water partition coefficient (Wildman–Crippen LogP) is 5.82. The van der Waals surface area contributed by atoms with E-state index in [2.05, 4.69) is 23.3 Å². The van der Waals surface area contributed by atoms with Crippen molar-refractivity contribution >= 4 is 16.3 Å². The fourth-order valence-electron chi connectivity index (χ4n) is 8.59. The first-order valence-corrected chi connectivity index (χ1v) is 27.0. The minimum atomic E-state index is -5.21. The number of amides is 1. The zero-order chi connectivity index (χ0) is 48.6. The van der Waals surface area contributed by atoms with E-state index in [4.69, 9.17) is 18.9 Å². The molecule has 2 heterocycles. The molecule has 2 aliphatic rings. The Kier molecular flexibility index (Phi) is 33.7. The van der Waals surface area contributed by atoms with Gasteiger partial charge in [-0.3, -0.25) is 9.35 Å². The highest BCUT2D eigenvalue weighted by Gasteiger charge is 2.52. The van der Waals surface area contributed by atoms with Crippen molar-refractivity contribution in [1.82, 2.24) is 5.32 Å². The molecule has 2 fully saturated rings. The number of hydrogen-bond donors (Lipinski definition) is 9. The number of allylic oxidation sites excluding steroid dienone is 1. The molecular weight excluding hydrogens is 879 g/mol. The van der Waals surface area contributed by atoms with Crippen LogP contribution in [0, 0.1) is 0 Å². The fourth-order valence-corrected chi connectivity index (χ4v) is 9.10. The first-order chi connectivity index (χ1) is 31.8. The molecule has 1 amide bonds. The van der Waals surface area contributed by atoms with E-state index in [0.29, 0.717) is 6.42 Å². The number of nitrogens with one attached hydrogen (secondary N) is 1. The van der Waals surface area contributed by atoms with Crippen LogP contribution in [0.1, 0.15) is 194 Å². The zero-order valence-corrected chi connectivity index (χ0v) is 41.1. The summed E-state index contributed by atoms with van der Waals surface area (Å²) in [6.07, 6.45) is 16.7. The van der Waals surface area contributed by atoms with E-state index in [0.717, 1.165) is 44.9 Å². The molecule has 66 heavy (non-hydrogen) atoms. The van der Waals surface area contributed by atoms with Crippen LogP contribution in [0.5, 0.6) is 0 Å². The van der Waals surface area contributed by atoms with Crippen molar-refractivity contribution in [1.29, 1.82) is 0 Å². The topological polar surface area (TPSA) is 271 Å². The van der Waals surface area contributed by atoms with Crippen LogP contribution in [0.15, 0.2) is 12.2 Å². The maximum Gasteiger partial charge on any atom is 0.397 e. The van der Waals surface area contributed by atoms with Crippen LogP contribution in [-0.2, 0) is 38.3 Å². The lowest BCUT2D eigenvalue weighted by atomic mass is 9.97. The normalized spacial score (nSPS) is 27.1. The van der Waals surface area contributed by atoms with Gasteiger partial charge in [-0.1, -0.05) is 180 Å². The van der Waals surface area contributed by atoms with Crippen LogP contribution in [0.3, 0.4) is 0 Å². The third-order valence-corrected chi connectivity index (χ3v) is 13.1. The molecule has 0 bridgehead atoms. The van der Waals surface area contributed by atoms with Gasteiger partial charge in [0.25, 0.3) is 0 Å². The second-order valence-corrected chi connectivity index (χ2v) is 19.5. The molecule has 9 N–H and O–H groups in total. The average Bonchev–Trinajstić information content (AvgIpc) is 3.29. The maximum atomic E-state index is 13.2. The SMILES string of the molecule is CCCCCCCCCCCCCC=CC(O)C(COC1OC(CO)C(OC2OC(CO)C(O)C(OS(=O)(=O)O)C2O)C(O)C1O)NC(=O)CCCCCCCCCCCCCCCCC. The Hall–Kier alpha value is -1.36. The highest BCUT2D eigenvalue weighted by Crippen LogP contribution is 2.31. The van der Waals surface area contributed by atoms with Crippen molar-refractivity contribution < 1.29 is 76.6 Å². The largest absolute Gasteiger partial charge is 0.397 e. The Morgan fingerprint density at radius 1 is 0.606 bits per heavy atom. The summed E-state index contributed by atoms with van der Waals surface area (Å²) in [5, 5.41) is 77.3. The molecule has 2 saturated heterocycles. The number of aliphatic hydroxyl groups excluding tert-OH is 7. The van der Waals surface area contributed by atoms with Gasteiger partial charge in [0.2, 0.25) is 5.91 Å². The van der Waals surface area contributed by atoms with Crippen molar-refractivity contribution in [3.63, 3.8) is 0 Å². The molecule has 2 aliphatic heterocycles. The fraction of sp³-hybridized carbons (Fsp3) is 0.938. The van der Waals surface area contributed by atoms with Crippen molar-refractivity contribution in [2.45, 2.75) is 267 Å². The maximum absolute atomic E-state index is 13.2. The number of carbonyl (C=O) groups excluding carboxylic acids is 1. The third-order valence-electron chi connectivity index (χ3n) is 12.7. The first kappa shape index (κ1) is 60.8. The standard InChI is InChI=1S/C48H91NO16S/c1-3-5-7-9-11-13-15-17-18-20-22-24-26-28-30-32-40(53)49-36(37(52)31-29-27-25-23-21-19-16-14-12-10-8-6-4-2)35-61-47-43(56)42(55)45(39(34-51)63-47)64-48-44(57)46(65-66(58,59)60)41(54)38(33-50)62-48/h29,31,36-39,41-48,50-52,54-57H,3-28,30,32-35H2,1-2H3,(H,49,53)(H,58,59,60). The van der Waals surface area contributed by atoms with E-state index in [1.807, 2.05) is 6.08 Å². The van der Waals surface area contributed by atoms with Gasteiger partial charge in [-0.05, 0) is 19.3 Å². The molecule has 0 radical (unpaired) electrons. The van der Waals surface area contributed by atoms with Crippen LogP contribution in [0.4, 0.5) is 0 Å². The van der Waals surface area contributed by atoms with Gasteiger partial charge < -0.3 is 60.0 Å². The molecule has 0 aromatic heterocycles. The van der Waals surface area contributed by atoms with Gasteiger partial charge in [-0.15, -0.1) is 0 Å². The zero-order valence-electron chi connectivity index (χ0n) is 40.3. The highest BCUT2D eigenvalue weighted by atomic mass is 32.3. The Morgan fingerprint density at radius 3 is 1.53 bits per heavy atom. The monoisotopic (exact) mass is 970 g/mol. The van der Waals surface area contributed by atoms with Gasteiger partial charge in [0, 0.05) is 6.42 Å². The summed E-state index contributed by atoms with van der Waals surface area (Å²) in [4.78, 5) is 13.2. The molecule has 0 spiro atoms. The van der Waals surface area contributed by atoms with Gasteiger partial charge in [0.05, 0.1) is 32.0 Å². The lowest BCUT2D eigenvalue weighted by Crippen LogP contribution is -2.65. The summed E-state index contributed by atoms with van der Waals surface area (Å²) < 4.78 is 59.0. The molecular formula is C48H91NO16S. The minimum absolute atomic E-state index is 0.246. The van der Waals surface area contributed by atoms with Crippen LogP contribution in [0.2, 0.25) is 0 Å². The van der Waals surface area contributed by atoms with Gasteiger partial charge >= 0.3 is 10.4 Å². The van der Waals surface area contributed by atoms with Crippen LogP contribution in [0.25, 0.3) is 0 Å². The van der Waals surface area contributed by atoms with Gasteiger partial charge in [0.15, 0.2) is 12.6 Å². The summed E-state index contributed by atoms with van der Waals surface area (Å²) in [7, 11) is -5.21. The van der Waals surface area contributed by atoms with E-state index >= 15 is 0 Å². The summed E-state index contributed by atoms with van der Waals surface area (Å²) in [5.74, 6) is -0.281. The van der Waals surface area contributed by atoms with Crippen molar-refractivity contribution in [3.05, 3.63) is 12.2 Å². The molecule has 17 nitrogen and oxygen atoms in total. The minimum Gasteiger partial charge on any atom is -0.394 e. The van der Waals surface area contributed by atoms with Crippen molar-refractivity contribution in [2.24, 2.45) is 0 Å². The summed E-state index contributed by atoms with van der Waals surface area (Å²) in [6.45, 7) is 2.38. The number of rotatable bonds is 40. The summed E-state index contributed by atoms with van der Waals surface area (Å²) >= 11 is 0. The third kappa shape index (κ3) is 25.5. The van der Waals surface area contributed by atoms with E-state index in [9.17, 15) is 53.5 Å². The molecule has 2 rings (SSSR count). The number of aliphatic hydroxyl groups is 7. The number of ether oxygens (including phenoxy) is 4. The van der Waals surface area contributed by atoms with E-state index in [1.54, 1.807) is 6.08 Å². The molecule has 18 heteroatoms. The van der Waals surface area contributed by atoms with Gasteiger partial charge in [0.1, 0.15) is 48.8 Å². The van der Waals surface area contributed by atoms with E-state index in [1.165, 1.54) is 122 Å². The Bertz CT molecular complexity index is 1340. The second-order valence-electron chi connectivity index (χ2n) is 18.5. The van der Waals surface area contributed by atoms with E-state index in [-0.39, 0.29) is 18.9 Å². The highest BCUT2D eigenvalue weighted by molar-refractivity contribution is 7.80. The molecule has 0 saturated carbocycles. The quantitative estimate of drug-likeness (QED) is 0.0199. The van der Waals surface area contributed by atoms with Gasteiger partial charge in [-0.25, -0.2) is 4.18 Å². The molecule has 12 atom stereocenters. The molecule has 390 valence electrons. The average molecular weight is 970 g/mol.